The molecular weight excluding hydrogens is 300 g/mol. The van der Waals surface area contributed by atoms with Crippen molar-refractivity contribution in [2.75, 3.05) is 6.54 Å². The minimum absolute atomic E-state index is 0.0332. The van der Waals surface area contributed by atoms with E-state index in [2.05, 4.69) is 21.0 Å². The molecule has 2 aliphatic heterocycles. The number of hydrogen-bond acceptors (Lipinski definition) is 3. The van der Waals surface area contributed by atoms with E-state index in [-0.39, 0.29) is 11.5 Å². The second-order valence-corrected chi connectivity index (χ2v) is 7.35. The molecule has 4 heterocycles. The van der Waals surface area contributed by atoms with Crippen LogP contribution in [0.25, 0.3) is 0 Å². The highest BCUT2D eigenvalue weighted by Crippen LogP contribution is 2.57. The van der Waals surface area contributed by atoms with Gasteiger partial charge < -0.3 is 4.90 Å². The lowest BCUT2D eigenvalue weighted by molar-refractivity contribution is -0.143. The highest BCUT2D eigenvalue weighted by molar-refractivity contribution is 5.85. The highest BCUT2D eigenvalue weighted by Gasteiger charge is 2.58. The number of rotatable bonds is 2. The van der Waals surface area contributed by atoms with Gasteiger partial charge >= 0.3 is 0 Å². The molecule has 1 saturated carbocycles. The molecular formula is C19H22N4O. The van der Waals surface area contributed by atoms with Crippen molar-refractivity contribution in [3.05, 3.63) is 48.0 Å². The maximum Gasteiger partial charge on any atom is 0.232 e. The summed E-state index contributed by atoms with van der Waals surface area (Å²) in [6.45, 7) is 1.81. The molecule has 1 aliphatic carbocycles. The number of fused-ring (bicyclic) bond motifs is 2. The van der Waals surface area contributed by atoms with Gasteiger partial charge in [-0.1, -0.05) is 6.07 Å². The normalized spacial score (nSPS) is 31.2. The summed E-state index contributed by atoms with van der Waals surface area (Å²) in [6.07, 6.45) is 11.0. The van der Waals surface area contributed by atoms with Gasteiger partial charge in [-0.05, 0) is 55.7 Å². The minimum Gasteiger partial charge on any atom is -0.332 e. The second-order valence-electron chi connectivity index (χ2n) is 7.35. The molecule has 5 rings (SSSR count). The standard InChI is InChI=1S/C19H22N4O/c24-18(16-4-2-11-23-17(16)6-10-21-23)22-12-7-14-5-8-19(14,22)15-3-1-9-20-13-15/h1,3,6,9-10,13-14,16H,2,4-5,7-8,11-12H2/t14-,16?,19-/m0/s1. The molecule has 3 aliphatic rings. The molecule has 5 nitrogen and oxygen atoms in total. The van der Waals surface area contributed by atoms with Crippen molar-refractivity contribution in [2.24, 2.45) is 5.92 Å². The topological polar surface area (TPSA) is 51.0 Å². The summed E-state index contributed by atoms with van der Waals surface area (Å²) in [4.78, 5) is 20.0. The lowest BCUT2D eigenvalue weighted by Crippen LogP contribution is -2.55. The molecule has 2 fully saturated rings. The first kappa shape index (κ1) is 14.2. The van der Waals surface area contributed by atoms with E-state index in [1.807, 2.05) is 35.4 Å². The fraction of sp³-hybridized carbons (Fsp3) is 0.526. The number of amides is 1. The molecule has 0 N–H and O–H groups in total. The molecule has 1 saturated heterocycles. The number of carbonyl (C=O) groups excluding carboxylic acids is 1. The van der Waals surface area contributed by atoms with E-state index >= 15 is 0 Å². The van der Waals surface area contributed by atoms with E-state index in [1.54, 1.807) is 0 Å². The molecule has 0 aromatic carbocycles. The summed E-state index contributed by atoms with van der Waals surface area (Å²) in [7, 11) is 0. The van der Waals surface area contributed by atoms with E-state index in [4.69, 9.17) is 0 Å². The third-order valence-electron chi connectivity index (χ3n) is 6.43. The van der Waals surface area contributed by atoms with Gasteiger partial charge in [0.05, 0.1) is 17.2 Å². The van der Waals surface area contributed by atoms with E-state index in [1.165, 1.54) is 12.0 Å². The lowest BCUT2D eigenvalue weighted by Gasteiger charge is -2.51. The van der Waals surface area contributed by atoms with E-state index in [0.717, 1.165) is 44.5 Å². The van der Waals surface area contributed by atoms with Gasteiger partial charge in [0.2, 0.25) is 5.91 Å². The predicted octanol–water partition coefficient (Wildman–Crippen LogP) is 2.69. The Hall–Kier alpha value is -2.17. The van der Waals surface area contributed by atoms with Crippen molar-refractivity contribution in [1.29, 1.82) is 0 Å². The number of aryl methyl sites for hydroxylation is 1. The smallest absolute Gasteiger partial charge is 0.232 e. The Morgan fingerprint density at radius 2 is 2.12 bits per heavy atom. The number of aromatic nitrogens is 3. The van der Waals surface area contributed by atoms with Crippen LogP contribution in [0.4, 0.5) is 0 Å². The van der Waals surface area contributed by atoms with Crippen LogP contribution < -0.4 is 0 Å². The average Bonchev–Trinajstić information content (AvgIpc) is 3.18. The predicted molar refractivity (Wildman–Crippen MR) is 89.2 cm³/mol. The molecule has 1 unspecified atom stereocenters. The monoisotopic (exact) mass is 322 g/mol. The first-order valence-electron chi connectivity index (χ1n) is 9.04. The van der Waals surface area contributed by atoms with E-state index in [9.17, 15) is 4.79 Å². The lowest BCUT2D eigenvalue weighted by atomic mass is 9.63. The minimum atomic E-state index is -0.104. The number of carbonyl (C=O) groups is 1. The van der Waals surface area contributed by atoms with Crippen LogP contribution in [0.1, 0.15) is 49.3 Å². The van der Waals surface area contributed by atoms with Gasteiger partial charge in [-0.15, -0.1) is 0 Å². The van der Waals surface area contributed by atoms with Crippen molar-refractivity contribution >= 4 is 5.91 Å². The van der Waals surface area contributed by atoms with Gasteiger partial charge in [0.1, 0.15) is 0 Å². The molecule has 0 bridgehead atoms. The Balaban J connectivity index is 1.52. The summed E-state index contributed by atoms with van der Waals surface area (Å²) in [6, 6.07) is 6.17. The third kappa shape index (κ3) is 1.78. The molecule has 0 radical (unpaired) electrons. The number of hydrogen-bond donors (Lipinski definition) is 0. The zero-order valence-corrected chi connectivity index (χ0v) is 13.8. The van der Waals surface area contributed by atoms with Gasteiger partial charge in [0.15, 0.2) is 0 Å². The van der Waals surface area contributed by atoms with Crippen LogP contribution in [-0.2, 0) is 16.9 Å². The Kier molecular flexibility index (Phi) is 3.05. The Morgan fingerprint density at radius 3 is 2.92 bits per heavy atom. The Morgan fingerprint density at radius 1 is 1.17 bits per heavy atom. The van der Waals surface area contributed by atoms with Gasteiger partial charge in [0.25, 0.3) is 0 Å². The number of likely N-dealkylation sites (tertiary alicyclic amines) is 1. The van der Waals surface area contributed by atoms with Crippen LogP contribution in [0.5, 0.6) is 0 Å². The zero-order valence-electron chi connectivity index (χ0n) is 13.8. The molecule has 24 heavy (non-hydrogen) atoms. The fourth-order valence-electron chi connectivity index (χ4n) is 5.16. The molecule has 2 aromatic heterocycles. The summed E-state index contributed by atoms with van der Waals surface area (Å²) >= 11 is 0. The van der Waals surface area contributed by atoms with E-state index in [0.29, 0.717) is 11.8 Å². The maximum atomic E-state index is 13.5. The molecule has 0 spiro atoms. The van der Waals surface area contributed by atoms with Gasteiger partial charge in [-0.25, -0.2) is 0 Å². The molecule has 124 valence electrons. The van der Waals surface area contributed by atoms with Crippen LogP contribution in [0.2, 0.25) is 0 Å². The zero-order chi connectivity index (χ0) is 16.1. The molecule has 3 atom stereocenters. The van der Waals surface area contributed by atoms with Crippen molar-refractivity contribution in [2.45, 2.75) is 50.1 Å². The largest absolute Gasteiger partial charge is 0.332 e. The van der Waals surface area contributed by atoms with Gasteiger partial charge in [0, 0.05) is 31.7 Å². The summed E-state index contributed by atoms with van der Waals surface area (Å²) in [5.41, 5.74) is 2.21. The fourth-order valence-corrected chi connectivity index (χ4v) is 5.16. The Labute approximate surface area is 141 Å². The van der Waals surface area contributed by atoms with Crippen molar-refractivity contribution in [1.82, 2.24) is 19.7 Å². The first-order chi connectivity index (χ1) is 11.8. The maximum absolute atomic E-state index is 13.5. The van der Waals surface area contributed by atoms with Crippen LogP contribution in [0.3, 0.4) is 0 Å². The quantitative estimate of drug-likeness (QED) is 0.854. The van der Waals surface area contributed by atoms with Crippen LogP contribution in [0.15, 0.2) is 36.8 Å². The van der Waals surface area contributed by atoms with Gasteiger partial charge in [-0.2, -0.15) is 5.10 Å². The SMILES string of the molecule is O=C(C1CCCn2nccc21)N1CC[C@@H]2CC[C@@]21c1cccnc1. The van der Waals surface area contributed by atoms with Crippen LogP contribution >= 0.6 is 0 Å². The summed E-state index contributed by atoms with van der Waals surface area (Å²) < 4.78 is 2.01. The van der Waals surface area contributed by atoms with Crippen LogP contribution in [0, 0.1) is 5.92 Å². The van der Waals surface area contributed by atoms with Crippen molar-refractivity contribution in [3.8, 4) is 0 Å². The average molecular weight is 322 g/mol. The third-order valence-corrected chi connectivity index (χ3v) is 6.43. The van der Waals surface area contributed by atoms with Crippen molar-refractivity contribution < 1.29 is 4.79 Å². The van der Waals surface area contributed by atoms with Crippen LogP contribution in [-0.4, -0.2) is 32.1 Å². The highest BCUT2D eigenvalue weighted by atomic mass is 16.2. The van der Waals surface area contributed by atoms with Crippen molar-refractivity contribution in [3.63, 3.8) is 0 Å². The Bertz CT molecular complexity index is 771. The molecule has 2 aromatic rings. The molecule has 1 amide bonds. The summed E-state index contributed by atoms with van der Waals surface area (Å²) in [5, 5.41) is 4.38. The number of nitrogens with zero attached hydrogens (tertiary/aromatic N) is 4. The molecule has 5 heteroatoms. The van der Waals surface area contributed by atoms with Gasteiger partial charge in [-0.3, -0.25) is 14.5 Å². The summed E-state index contributed by atoms with van der Waals surface area (Å²) in [5.74, 6) is 0.857. The second kappa shape index (κ2) is 5.16. The number of pyridine rings is 1. The van der Waals surface area contributed by atoms with E-state index < -0.39 is 0 Å². The first-order valence-corrected chi connectivity index (χ1v) is 9.04.